The van der Waals surface area contributed by atoms with Crippen molar-refractivity contribution in [2.45, 2.75) is 19.4 Å². The van der Waals surface area contributed by atoms with Gasteiger partial charge in [-0.2, -0.15) is 0 Å². The third kappa shape index (κ3) is 3.66. The molecule has 0 amide bonds. The number of hydrogen-bond acceptors (Lipinski definition) is 4. The van der Waals surface area contributed by atoms with Crippen molar-refractivity contribution in [3.8, 4) is 5.75 Å². The molecule has 0 spiro atoms. The SMILES string of the molecule is CNc1cncc(N(C)C(C)Cc2ccccc2OC)c1. The Morgan fingerprint density at radius 2 is 2.05 bits per heavy atom. The predicted molar refractivity (Wildman–Crippen MR) is 88.3 cm³/mol. The van der Waals surface area contributed by atoms with Crippen molar-refractivity contribution in [3.63, 3.8) is 0 Å². The lowest BCUT2D eigenvalue weighted by molar-refractivity contribution is 0.408. The monoisotopic (exact) mass is 285 g/mol. The highest BCUT2D eigenvalue weighted by atomic mass is 16.5. The Kier molecular flexibility index (Phi) is 5.04. The van der Waals surface area contributed by atoms with Crippen molar-refractivity contribution < 1.29 is 4.74 Å². The fourth-order valence-electron chi connectivity index (χ4n) is 2.34. The molecule has 0 aliphatic heterocycles. The van der Waals surface area contributed by atoms with Gasteiger partial charge in [-0.15, -0.1) is 0 Å². The van der Waals surface area contributed by atoms with Crippen LogP contribution < -0.4 is 15.0 Å². The van der Waals surface area contributed by atoms with Gasteiger partial charge in [0.25, 0.3) is 0 Å². The minimum absolute atomic E-state index is 0.343. The largest absolute Gasteiger partial charge is 0.496 e. The van der Waals surface area contributed by atoms with E-state index in [0.717, 1.165) is 23.5 Å². The molecule has 112 valence electrons. The lowest BCUT2D eigenvalue weighted by atomic mass is 10.0. The minimum Gasteiger partial charge on any atom is -0.496 e. The second kappa shape index (κ2) is 6.97. The van der Waals surface area contributed by atoms with Crippen LogP contribution in [0.4, 0.5) is 11.4 Å². The van der Waals surface area contributed by atoms with Crippen molar-refractivity contribution in [1.29, 1.82) is 0 Å². The quantitative estimate of drug-likeness (QED) is 0.884. The molecule has 4 nitrogen and oxygen atoms in total. The number of nitrogens with one attached hydrogen (secondary N) is 1. The maximum atomic E-state index is 5.43. The fraction of sp³-hybridized carbons (Fsp3) is 0.353. The summed E-state index contributed by atoms with van der Waals surface area (Å²) in [5.74, 6) is 0.944. The summed E-state index contributed by atoms with van der Waals surface area (Å²) in [7, 11) is 5.71. The molecule has 4 heteroatoms. The Balaban J connectivity index is 2.13. The topological polar surface area (TPSA) is 37.4 Å². The fourth-order valence-corrected chi connectivity index (χ4v) is 2.34. The van der Waals surface area contributed by atoms with Crippen LogP contribution in [-0.2, 0) is 6.42 Å². The van der Waals surface area contributed by atoms with E-state index >= 15 is 0 Å². The standard InChI is InChI=1S/C17H23N3O/c1-13(9-14-7-5-6-8-17(14)21-4)20(3)16-10-15(18-2)11-19-12-16/h5-8,10-13,18H,9H2,1-4H3. The van der Waals surface area contributed by atoms with Crippen molar-refractivity contribution in [3.05, 3.63) is 48.3 Å². The first kappa shape index (κ1) is 15.2. The highest BCUT2D eigenvalue weighted by molar-refractivity contribution is 5.55. The van der Waals surface area contributed by atoms with E-state index in [1.165, 1.54) is 5.56 Å². The second-order valence-corrected chi connectivity index (χ2v) is 5.16. The van der Waals surface area contributed by atoms with Gasteiger partial charge in [0.05, 0.1) is 30.9 Å². The number of anilines is 2. The van der Waals surface area contributed by atoms with E-state index in [-0.39, 0.29) is 0 Å². The normalized spacial score (nSPS) is 11.8. The van der Waals surface area contributed by atoms with Crippen molar-refractivity contribution in [2.75, 3.05) is 31.4 Å². The van der Waals surface area contributed by atoms with Crippen LogP contribution in [0.25, 0.3) is 0 Å². The number of likely N-dealkylation sites (N-methyl/N-ethyl adjacent to an activating group) is 1. The number of nitrogens with zero attached hydrogens (tertiary/aromatic N) is 2. The molecule has 1 atom stereocenters. The van der Waals surface area contributed by atoms with Crippen LogP contribution in [-0.4, -0.2) is 32.2 Å². The molecule has 0 radical (unpaired) electrons. The number of methoxy groups -OCH3 is 1. The van der Waals surface area contributed by atoms with Crippen molar-refractivity contribution in [2.24, 2.45) is 0 Å². The third-order valence-electron chi connectivity index (χ3n) is 3.79. The van der Waals surface area contributed by atoms with Crippen LogP contribution in [0.3, 0.4) is 0 Å². The summed E-state index contributed by atoms with van der Waals surface area (Å²) in [6.07, 6.45) is 4.63. The Hall–Kier alpha value is -2.23. The van der Waals surface area contributed by atoms with Gasteiger partial charge in [0.2, 0.25) is 0 Å². The summed E-state index contributed by atoms with van der Waals surface area (Å²) >= 11 is 0. The van der Waals surface area contributed by atoms with Gasteiger partial charge in [0.1, 0.15) is 5.75 Å². The van der Waals surface area contributed by atoms with E-state index < -0.39 is 0 Å². The highest BCUT2D eigenvalue weighted by Crippen LogP contribution is 2.23. The molecule has 21 heavy (non-hydrogen) atoms. The summed E-state index contributed by atoms with van der Waals surface area (Å²) in [5, 5.41) is 3.12. The molecule has 1 aromatic carbocycles. The van der Waals surface area contributed by atoms with Crippen LogP contribution in [0.1, 0.15) is 12.5 Å². The number of rotatable bonds is 6. The molecule has 2 rings (SSSR count). The molecule has 1 heterocycles. The molecule has 0 fully saturated rings. The first-order chi connectivity index (χ1) is 10.2. The number of pyridine rings is 1. The molecule has 0 bridgehead atoms. The molecule has 1 N–H and O–H groups in total. The lowest BCUT2D eigenvalue weighted by Gasteiger charge is -2.27. The Labute approximate surface area is 126 Å². The zero-order valence-electron chi connectivity index (χ0n) is 13.1. The third-order valence-corrected chi connectivity index (χ3v) is 3.79. The van der Waals surface area contributed by atoms with Gasteiger partial charge in [0.15, 0.2) is 0 Å². The number of benzene rings is 1. The Bertz CT molecular complexity index is 586. The van der Waals surface area contributed by atoms with Gasteiger partial charge in [-0.25, -0.2) is 0 Å². The molecule has 0 aliphatic rings. The summed E-state index contributed by atoms with van der Waals surface area (Å²) in [5.41, 5.74) is 3.34. The van der Waals surface area contributed by atoms with Gasteiger partial charge in [0, 0.05) is 20.1 Å². The van der Waals surface area contributed by atoms with E-state index in [1.54, 1.807) is 7.11 Å². The Morgan fingerprint density at radius 1 is 1.29 bits per heavy atom. The molecule has 1 aromatic heterocycles. The van der Waals surface area contributed by atoms with Gasteiger partial charge in [-0.3, -0.25) is 4.98 Å². The Morgan fingerprint density at radius 3 is 2.76 bits per heavy atom. The first-order valence-electron chi connectivity index (χ1n) is 7.13. The van der Waals surface area contributed by atoms with Crippen molar-refractivity contribution in [1.82, 2.24) is 4.98 Å². The van der Waals surface area contributed by atoms with E-state index in [9.17, 15) is 0 Å². The van der Waals surface area contributed by atoms with E-state index in [1.807, 2.05) is 37.6 Å². The summed E-state index contributed by atoms with van der Waals surface area (Å²) in [6.45, 7) is 2.21. The van der Waals surface area contributed by atoms with Crippen LogP contribution in [0.5, 0.6) is 5.75 Å². The van der Waals surface area contributed by atoms with E-state index in [2.05, 4.69) is 41.3 Å². The lowest BCUT2D eigenvalue weighted by Crippen LogP contribution is -2.31. The molecule has 0 saturated heterocycles. The smallest absolute Gasteiger partial charge is 0.122 e. The van der Waals surface area contributed by atoms with E-state index in [0.29, 0.717) is 6.04 Å². The second-order valence-electron chi connectivity index (χ2n) is 5.16. The highest BCUT2D eigenvalue weighted by Gasteiger charge is 2.13. The van der Waals surface area contributed by atoms with Gasteiger partial charge in [-0.1, -0.05) is 18.2 Å². The van der Waals surface area contributed by atoms with Gasteiger partial charge in [-0.05, 0) is 31.0 Å². The maximum absolute atomic E-state index is 5.43. The average Bonchev–Trinajstić information content (AvgIpc) is 2.54. The predicted octanol–water partition coefficient (Wildman–Crippen LogP) is 3.20. The summed E-state index contributed by atoms with van der Waals surface area (Å²) in [4.78, 5) is 6.51. The molecule has 0 saturated carbocycles. The minimum atomic E-state index is 0.343. The number of aromatic nitrogens is 1. The molecule has 0 aliphatic carbocycles. The van der Waals surface area contributed by atoms with Crippen LogP contribution in [0.15, 0.2) is 42.7 Å². The zero-order valence-corrected chi connectivity index (χ0v) is 13.1. The van der Waals surface area contributed by atoms with E-state index in [4.69, 9.17) is 4.74 Å². The number of hydrogen-bond donors (Lipinski definition) is 1. The molecule has 2 aromatic rings. The molecule has 1 unspecified atom stereocenters. The van der Waals surface area contributed by atoms with Crippen LogP contribution >= 0.6 is 0 Å². The summed E-state index contributed by atoms with van der Waals surface area (Å²) in [6, 6.07) is 10.6. The van der Waals surface area contributed by atoms with Crippen LogP contribution in [0.2, 0.25) is 0 Å². The number of ether oxygens (including phenoxy) is 1. The average molecular weight is 285 g/mol. The van der Waals surface area contributed by atoms with Gasteiger partial charge < -0.3 is 15.0 Å². The first-order valence-corrected chi connectivity index (χ1v) is 7.13. The van der Waals surface area contributed by atoms with Crippen LogP contribution in [0, 0.1) is 0 Å². The molecular formula is C17H23N3O. The maximum Gasteiger partial charge on any atom is 0.122 e. The van der Waals surface area contributed by atoms with Crippen molar-refractivity contribution >= 4 is 11.4 Å². The van der Waals surface area contributed by atoms with Gasteiger partial charge >= 0.3 is 0 Å². The summed E-state index contributed by atoms with van der Waals surface area (Å²) < 4.78 is 5.43. The molecular weight excluding hydrogens is 262 g/mol. The number of para-hydroxylation sites is 1. The zero-order chi connectivity index (χ0) is 15.2.